The summed E-state index contributed by atoms with van der Waals surface area (Å²) in [5.41, 5.74) is 18.1. The van der Waals surface area contributed by atoms with E-state index in [-0.39, 0.29) is 10.8 Å². The standard InChI is InChI=1S/C70H50N2/c1-69(2)59-37-45(23-29-53(59)55-33-27-47(39-61(55)69)71-63-35-25-41-13-5-9-17-49(41)65(63)57-31-21-43-15-7-11-19-51(43)67(57)71)46-24-30-54-56-34-28-48(40-62(56)70(3,4)60(54)38-46)72-64-36-26-42-14-6-10-18-50(42)66(64)58-32-22-44-16-8-12-20-52(44)68(58)72/h5-40,55,61H,1-4H3. The van der Waals surface area contributed by atoms with Crippen molar-refractivity contribution < 1.29 is 0 Å². The average Bonchev–Trinajstić information content (AvgIpc) is 4.09. The van der Waals surface area contributed by atoms with E-state index in [1.54, 1.807) is 0 Å². The molecule has 13 aromatic rings. The van der Waals surface area contributed by atoms with Gasteiger partial charge in [0.25, 0.3) is 0 Å². The minimum atomic E-state index is -0.203. The summed E-state index contributed by atoms with van der Waals surface area (Å²) in [6, 6.07) is 75.8. The number of fused-ring (bicyclic) bond motifs is 20. The zero-order chi connectivity index (χ0) is 47.8. The normalized spacial score (nSPS) is 17.4. The van der Waals surface area contributed by atoms with Crippen LogP contribution in [-0.2, 0) is 10.8 Å². The summed E-state index contributed by atoms with van der Waals surface area (Å²) in [6.45, 7) is 9.81. The van der Waals surface area contributed by atoms with E-state index in [0.29, 0.717) is 11.8 Å². The second kappa shape index (κ2) is 14.1. The van der Waals surface area contributed by atoms with E-state index in [4.69, 9.17) is 0 Å². The molecular formula is C70H50N2. The fourth-order valence-electron chi connectivity index (χ4n) is 14.2. The Hall–Kier alpha value is -8.46. The number of hydrogen-bond acceptors (Lipinski definition) is 0. The topological polar surface area (TPSA) is 9.86 Å². The molecule has 2 aromatic heterocycles. The van der Waals surface area contributed by atoms with Crippen molar-refractivity contribution in [3.05, 3.63) is 241 Å². The highest BCUT2D eigenvalue weighted by atomic mass is 15.0. The molecule has 0 bridgehead atoms. The van der Waals surface area contributed by atoms with Crippen LogP contribution in [0, 0.1) is 5.92 Å². The van der Waals surface area contributed by atoms with Gasteiger partial charge in [-0.3, -0.25) is 0 Å². The summed E-state index contributed by atoms with van der Waals surface area (Å²) in [5.74, 6) is 0.618. The van der Waals surface area contributed by atoms with Crippen molar-refractivity contribution in [2.24, 2.45) is 5.92 Å². The van der Waals surface area contributed by atoms with Crippen molar-refractivity contribution in [2.75, 3.05) is 0 Å². The van der Waals surface area contributed by atoms with Crippen molar-refractivity contribution in [1.29, 1.82) is 0 Å². The largest absolute Gasteiger partial charge is 0.309 e. The van der Waals surface area contributed by atoms with Crippen LogP contribution in [0.2, 0.25) is 0 Å². The zero-order valence-electron chi connectivity index (χ0n) is 40.8. The lowest BCUT2D eigenvalue weighted by atomic mass is 9.74. The molecule has 72 heavy (non-hydrogen) atoms. The molecule has 0 aliphatic heterocycles. The van der Waals surface area contributed by atoms with E-state index in [9.17, 15) is 0 Å². The van der Waals surface area contributed by atoms with Crippen LogP contribution >= 0.6 is 0 Å². The first kappa shape index (κ1) is 40.3. The summed E-state index contributed by atoms with van der Waals surface area (Å²) in [6.07, 6.45) is 7.52. The molecule has 0 spiro atoms. The van der Waals surface area contributed by atoms with E-state index in [1.165, 1.54) is 143 Å². The first-order valence-electron chi connectivity index (χ1n) is 25.7. The Morgan fingerprint density at radius 3 is 1.51 bits per heavy atom. The number of hydrogen-bond donors (Lipinski definition) is 0. The van der Waals surface area contributed by atoms with Crippen LogP contribution < -0.4 is 0 Å². The molecule has 0 saturated heterocycles. The Bertz CT molecular complexity index is 4640. The summed E-state index contributed by atoms with van der Waals surface area (Å²) >= 11 is 0. The van der Waals surface area contributed by atoms with Crippen LogP contribution in [0.5, 0.6) is 0 Å². The van der Waals surface area contributed by atoms with E-state index in [2.05, 4.69) is 255 Å². The molecule has 0 fully saturated rings. The molecule has 0 saturated carbocycles. The molecule has 11 aromatic carbocycles. The average molecular weight is 919 g/mol. The minimum absolute atomic E-state index is 0.0907. The highest BCUT2D eigenvalue weighted by Crippen LogP contribution is 2.56. The molecule has 2 unspecified atom stereocenters. The van der Waals surface area contributed by atoms with Gasteiger partial charge in [-0.15, -0.1) is 0 Å². The highest BCUT2D eigenvalue weighted by molar-refractivity contribution is 6.27. The molecule has 0 radical (unpaired) electrons. The third kappa shape index (κ3) is 5.24. The second-order valence-electron chi connectivity index (χ2n) is 22.0. The van der Waals surface area contributed by atoms with Crippen LogP contribution in [-0.4, -0.2) is 9.13 Å². The van der Waals surface area contributed by atoms with E-state index < -0.39 is 0 Å². The fraction of sp³-hybridized carbons (Fsp3) is 0.114. The van der Waals surface area contributed by atoms with E-state index >= 15 is 0 Å². The van der Waals surface area contributed by atoms with Gasteiger partial charge in [0.05, 0.1) is 22.1 Å². The van der Waals surface area contributed by atoms with Gasteiger partial charge in [-0.2, -0.15) is 0 Å². The Balaban J connectivity index is 0.789. The van der Waals surface area contributed by atoms with Crippen molar-refractivity contribution in [3.8, 4) is 27.9 Å². The number of rotatable bonds is 3. The molecule has 0 N–H and O–H groups in total. The summed E-state index contributed by atoms with van der Waals surface area (Å²) in [5, 5.41) is 15.5. The Labute approximate surface area is 418 Å². The summed E-state index contributed by atoms with van der Waals surface area (Å²) in [7, 11) is 0. The SMILES string of the molecule is CC1(C)c2cc(-c3ccc4c(c3)C(C)(C)C3C=C(n5c6ccc7ccccc7c6c6ccc7ccccc7c65)C=CC43)ccc2-c2ccc(-n3c4ccc5ccccc5c4c4ccc5ccccc5c43)cc21. The molecule has 16 rings (SSSR count). The molecule has 3 aliphatic carbocycles. The lowest BCUT2D eigenvalue weighted by molar-refractivity contribution is 0.395. The maximum absolute atomic E-state index is 2.60. The Morgan fingerprint density at radius 2 is 0.889 bits per heavy atom. The maximum atomic E-state index is 2.60. The number of nitrogens with zero attached hydrogens (tertiary/aromatic N) is 2. The molecule has 2 heteroatoms. The molecule has 2 atom stereocenters. The lowest BCUT2D eigenvalue weighted by Gasteiger charge is -2.31. The monoisotopic (exact) mass is 918 g/mol. The van der Waals surface area contributed by atoms with Crippen LogP contribution in [0.1, 0.15) is 55.9 Å². The summed E-state index contributed by atoms with van der Waals surface area (Å²) < 4.78 is 5.10. The van der Waals surface area contributed by atoms with Crippen LogP contribution in [0.3, 0.4) is 0 Å². The van der Waals surface area contributed by atoms with Gasteiger partial charge < -0.3 is 9.13 Å². The van der Waals surface area contributed by atoms with Crippen molar-refractivity contribution in [3.63, 3.8) is 0 Å². The number of benzene rings is 11. The van der Waals surface area contributed by atoms with Gasteiger partial charge in [-0.25, -0.2) is 0 Å². The van der Waals surface area contributed by atoms with Gasteiger partial charge in [0, 0.05) is 55.0 Å². The highest BCUT2D eigenvalue weighted by Gasteiger charge is 2.46. The van der Waals surface area contributed by atoms with Gasteiger partial charge >= 0.3 is 0 Å². The fourth-order valence-corrected chi connectivity index (χ4v) is 14.2. The van der Waals surface area contributed by atoms with Crippen molar-refractivity contribution >= 4 is 92.4 Å². The van der Waals surface area contributed by atoms with Gasteiger partial charge in [-0.05, 0) is 125 Å². The predicted octanol–water partition coefficient (Wildman–Crippen LogP) is 18.6. The first-order valence-corrected chi connectivity index (χ1v) is 25.7. The molecule has 3 aliphatic rings. The Kier molecular flexibility index (Phi) is 7.90. The Morgan fingerprint density at radius 1 is 0.403 bits per heavy atom. The molecule has 340 valence electrons. The molecule has 2 nitrogen and oxygen atoms in total. The third-order valence-electron chi connectivity index (χ3n) is 17.7. The molecular weight excluding hydrogens is 869 g/mol. The van der Waals surface area contributed by atoms with Gasteiger partial charge in [-0.1, -0.05) is 210 Å². The van der Waals surface area contributed by atoms with Gasteiger partial charge in [0.2, 0.25) is 0 Å². The second-order valence-corrected chi connectivity index (χ2v) is 22.0. The van der Waals surface area contributed by atoms with Crippen LogP contribution in [0.4, 0.5) is 0 Å². The maximum Gasteiger partial charge on any atom is 0.0619 e. The summed E-state index contributed by atoms with van der Waals surface area (Å²) in [4.78, 5) is 0. The minimum Gasteiger partial charge on any atom is -0.309 e. The van der Waals surface area contributed by atoms with E-state index in [0.717, 1.165) is 0 Å². The quantitative estimate of drug-likeness (QED) is 0.167. The lowest BCUT2D eigenvalue weighted by Crippen LogP contribution is -2.25. The number of aromatic nitrogens is 2. The van der Waals surface area contributed by atoms with Gasteiger partial charge in [0.15, 0.2) is 0 Å². The number of allylic oxidation sites excluding steroid dienone is 4. The van der Waals surface area contributed by atoms with Crippen LogP contribution in [0.15, 0.2) is 218 Å². The molecule has 2 heterocycles. The third-order valence-corrected chi connectivity index (χ3v) is 17.7. The molecule has 0 amide bonds. The predicted molar refractivity (Wildman–Crippen MR) is 306 cm³/mol. The van der Waals surface area contributed by atoms with Crippen molar-refractivity contribution in [2.45, 2.75) is 44.4 Å². The first-order chi connectivity index (χ1) is 35.2. The van der Waals surface area contributed by atoms with Gasteiger partial charge in [0.1, 0.15) is 0 Å². The van der Waals surface area contributed by atoms with E-state index in [1.807, 2.05) is 0 Å². The van der Waals surface area contributed by atoms with Crippen molar-refractivity contribution in [1.82, 2.24) is 9.13 Å². The zero-order valence-corrected chi connectivity index (χ0v) is 40.8. The smallest absolute Gasteiger partial charge is 0.0619 e. The van der Waals surface area contributed by atoms with Crippen LogP contribution in [0.25, 0.3) is 120 Å².